The Morgan fingerprint density at radius 1 is 1.57 bits per heavy atom. The smallest absolute Gasteiger partial charge is 0.357 e. The van der Waals surface area contributed by atoms with Gasteiger partial charge >= 0.3 is 11.9 Å². The zero-order valence-electron chi connectivity index (χ0n) is 12.0. The lowest BCUT2D eigenvalue weighted by Crippen LogP contribution is -2.36. The van der Waals surface area contributed by atoms with E-state index in [-0.39, 0.29) is 24.6 Å². The van der Waals surface area contributed by atoms with Crippen molar-refractivity contribution in [3.8, 4) is 0 Å². The van der Waals surface area contributed by atoms with E-state index < -0.39 is 23.5 Å². The molecule has 0 spiro atoms. The lowest BCUT2D eigenvalue weighted by molar-refractivity contribution is -0.147. The minimum atomic E-state index is -0.845. The van der Waals surface area contributed by atoms with Gasteiger partial charge in [-0.2, -0.15) is 0 Å². The number of nitrogens with one attached hydrogen (secondary N) is 1. The first-order valence-electron chi connectivity index (χ1n) is 6.49. The fourth-order valence-corrected chi connectivity index (χ4v) is 2.73. The topological polar surface area (TPSA) is 94.6 Å². The van der Waals surface area contributed by atoms with Crippen molar-refractivity contribution in [3.63, 3.8) is 0 Å². The maximum absolute atomic E-state index is 12.2. The molecule has 0 aliphatic carbocycles. The molecule has 1 amide bonds. The molecule has 0 saturated carbocycles. The van der Waals surface area contributed by atoms with E-state index in [1.807, 2.05) is 0 Å². The quantitative estimate of drug-likeness (QED) is 0.849. The molecular weight excluding hydrogens is 296 g/mol. The van der Waals surface area contributed by atoms with Gasteiger partial charge in [-0.25, -0.2) is 9.78 Å². The molecule has 0 radical (unpaired) electrons. The predicted octanol–water partition coefficient (Wildman–Crippen LogP) is 1.60. The molecule has 1 aromatic heterocycles. The SMILES string of the molecule is CCOC(=O)c1csc(NC(=O)C2CC(=O)OC2(C)C)n1. The maximum Gasteiger partial charge on any atom is 0.357 e. The first kappa shape index (κ1) is 15.4. The van der Waals surface area contributed by atoms with E-state index in [0.717, 1.165) is 11.3 Å². The summed E-state index contributed by atoms with van der Waals surface area (Å²) in [5.41, 5.74) is -0.697. The number of rotatable bonds is 4. The van der Waals surface area contributed by atoms with E-state index >= 15 is 0 Å². The molecule has 114 valence electrons. The number of carbonyl (C=O) groups is 3. The number of carbonyl (C=O) groups excluding carboxylic acids is 3. The molecule has 0 bridgehead atoms. The van der Waals surface area contributed by atoms with Crippen LogP contribution in [0.2, 0.25) is 0 Å². The van der Waals surface area contributed by atoms with E-state index in [2.05, 4.69) is 10.3 Å². The normalized spacial score (nSPS) is 20.0. The van der Waals surface area contributed by atoms with E-state index in [0.29, 0.717) is 5.13 Å². The average Bonchev–Trinajstić information content (AvgIpc) is 2.93. The molecule has 1 atom stereocenters. The van der Waals surface area contributed by atoms with Crippen molar-refractivity contribution in [2.45, 2.75) is 32.8 Å². The largest absolute Gasteiger partial charge is 0.461 e. The number of hydrogen-bond acceptors (Lipinski definition) is 7. The van der Waals surface area contributed by atoms with E-state index in [1.165, 1.54) is 5.38 Å². The molecule has 1 aliphatic heterocycles. The second-order valence-electron chi connectivity index (χ2n) is 5.08. The Kier molecular flexibility index (Phi) is 4.26. The molecule has 2 rings (SSSR count). The van der Waals surface area contributed by atoms with Crippen LogP contribution in [0.25, 0.3) is 0 Å². The fraction of sp³-hybridized carbons (Fsp3) is 0.538. The Morgan fingerprint density at radius 3 is 2.86 bits per heavy atom. The van der Waals surface area contributed by atoms with Gasteiger partial charge in [0.25, 0.3) is 0 Å². The number of amides is 1. The highest BCUT2D eigenvalue weighted by molar-refractivity contribution is 7.14. The van der Waals surface area contributed by atoms with Gasteiger partial charge < -0.3 is 14.8 Å². The number of ether oxygens (including phenoxy) is 2. The number of anilines is 1. The van der Waals surface area contributed by atoms with Gasteiger partial charge in [-0.3, -0.25) is 9.59 Å². The van der Waals surface area contributed by atoms with E-state index in [1.54, 1.807) is 20.8 Å². The summed E-state index contributed by atoms with van der Waals surface area (Å²) in [4.78, 5) is 39.0. The summed E-state index contributed by atoms with van der Waals surface area (Å²) in [7, 11) is 0. The Bertz CT molecular complexity index is 581. The van der Waals surface area contributed by atoms with Crippen molar-refractivity contribution in [1.82, 2.24) is 4.98 Å². The lowest BCUT2D eigenvalue weighted by atomic mass is 9.90. The fourth-order valence-electron chi connectivity index (χ4n) is 2.05. The summed E-state index contributed by atoms with van der Waals surface area (Å²) >= 11 is 1.12. The van der Waals surface area contributed by atoms with Crippen LogP contribution in [0.3, 0.4) is 0 Å². The third kappa shape index (κ3) is 3.38. The number of thiazole rings is 1. The van der Waals surface area contributed by atoms with Crippen LogP contribution in [0.15, 0.2) is 5.38 Å². The van der Waals surface area contributed by atoms with Crippen LogP contribution >= 0.6 is 11.3 Å². The predicted molar refractivity (Wildman–Crippen MR) is 75.0 cm³/mol. The molecule has 2 heterocycles. The second-order valence-corrected chi connectivity index (χ2v) is 5.94. The molecule has 0 aromatic carbocycles. The molecular formula is C13H16N2O5S. The summed E-state index contributed by atoms with van der Waals surface area (Å²) in [6, 6.07) is 0. The first-order chi connectivity index (χ1) is 9.83. The molecule has 1 unspecified atom stereocenters. The van der Waals surface area contributed by atoms with Crippen molar-refractivity contribution in [3.05, 3.63) is 11.1 Å². The van der Waals surface area contributed by atoms with Gasteiger partial charge in [0, 0.05) is 5.38 Å². The summed E-state index contributed by atoms with van der Waals surface area (Å²) < 4.78 is 9.93. The van der Waals surface area contributed by atoms with Crippen LogP contribution in [-0.4, -0.2) is 35.0 Å². The minimum Gasteiger partial charge on any atom is -0.461 e. The van der Waals surface area contributed by atoms with Gasteiger partial charge in [0.1, 0.15) is 5.60 Å². The first-order valence-corrected chi connectivity index (χ1v) is 7.37. The highest BCUT2D eigenvalue weighted by Gasteiger charge is 2.46. The van der Waals surface area contributed by atoms with Crippen molar-refractivity contribution in [1.29, 1.82) is 0 Å². The van der Waals surface area contributed by atoms with Crippen LogP contribution in [0, 0.1) is 5.92 Å². The highest BCUT2D eigenvalue weighted by Crippen LogP contribution is 2.33. The van der Waals surface area contributed by atoms with Crippen LogP contribution < -0.4 is 5.32 Å². The van der Waals surface area contributed by atoms with E-state index in [4.69, 9.17) is 9.47 Å². The van der Waals surface area contributed by atoms with E-state index in [9.17, 15) is 14.4 Å². The molecule has 21 heavy (non-hydrogen) atoms. The average molecular weight is 312 g/mol. The second kappa shape index (κ2) is 5.80. The lowest BCUT2D eigenvalue weighted by Gasteiger charge is -2.23. The zero-order chi connectivity index (χ0) is 15.6. The van der Waals surface area contributed by atoms with Gasteiger partial charge in [-0.1, -0.05) is 0 Å². The minimum absolute atomic E-state index is 0.0366. The third-order valence-electron chi connectivity index (χ3n) is 3.12. The van der Waals surface area contributed by atoms with Gasteiger partial charge in [0.15, 0.2) is 10.8 Å². The summed E-state index contributed by atoms with van der Waals surface area (Å²) in [6.07, 6.45) is 0.0366. The van der Waals surface area contributed by atoms with Crippen molar-refractivity contribution >= 4 is 34.3 Å². The molecule has 1 fully saturated rings. The van der Waals surface area contributed by atoms with Crippen LogP contribution in [0.1, 0.15) is 37.7 Å². The molecule has 1 N–H and O–H groups in total. The maximum atomic E-state index is 12.2. The summed E-state index contributed by atoms with van der Waals surface area (Å²) in [6.45, 7) is 5.34. The number of aromatic nitrogens is 1. The van der Waals surface area contributed by atoms with Crippen LogP contribution in [0.5, 0.6) is 0 Å². The standard InChI is InChI=1S/C13H16N2O5S/c1-4-19-11(18)8-6-21-12(14-8)15-10(17)7-5-9(16)20-13(7,2)3/h6-7H,4-5H2,1-3H3,(H,14,15,17). The summed E-state index contributed by atoms with van der Waals surface area (Å²) in [5.74, 6) is -1.86. The summed E-state index contributed by atoms with van der Waals surface area (Å²) in [5, 5.41) is 4.40. The van der Waals surface area contributed by atoms with Gasteiger partial charge in [0.05, 0.1) is 18.9 Å². The molecule has 1 saturated heterocycles. The Labute approximate surface area is 125 Å². The molecule has 7 nitrogen and oxygen atoms in total. The number of nitrogens with zero attached hydrogens (tertiary/aromatic N) is 1. The molecule has 8 heteroatoms. The Hall–Kier alpha value is -1.96. The monoisotopic (exact) mass is 312 g/mol. The Morgan fingerprint density at radius 2 is 2.29 bits per heavy atom. The van der Waals surface area contributed by atoms with Crippen LogP contribution in [-0.2, 0) is 19.1 Å². The third-order valence-corrected chi connectivity index (χ3v) is 3.88. The van der Waals surface area contributed by atoms with Gasteiger partial charge in [0.2, 0.25) is 5.91 Å². The molecule has 1 aromatic rings. The van der Waals surface area contributed by atoms with Crippen molar-refractivity contribution in [2.24, 2.45) is 5.92 Å². The number of esters is 2. The van der Waals surface area contributed by atoms with Crippen LogP contribution in [0.4, 0.5) is 5.13 Å². The zero-order valence-corrected chi connectivity index (χ0v) is 12.8. The highest BCUT2D eigenvalue weighted by atomic mass is 32.1. The van der Waals surface area contributed by atoms with Crippen molar-refractivity contribution < 1.29 is 23.9 Å². The van der Waals surface area contributed by atoms with Gasteiger partial charge in [-0.15, -0.1) is 11.3 Å². The Balaban J connectivity index is 2.03. The number of hydrogen-bond donors (Lipinski definition) is 1. The van der Waals surface area contributed by atoms with Crippen molar-refractivity contribution in [2.75, 3.05) is 11.9 Å². The number of cyclic esters (lactones) is 1. The molecule has 1 aliphatic rings. The van der Waals surface area contributed by atoms with Gasteiger partial charge in [-0.05, 0) is 20.8 Å².